The van der Waals surface area contributed by atoms with Crippen molar-refractivity contribution in [3.05, 3.63) is 18.0 Å². The highest BCUT2D eigenvalue weighted by molar-refractivity contribution is 7.89. The molecule has 0 atom stereocenters. The molecular weight excluding hydrogens is 202 g/mol. The van der Waals surface area contributed by atoms with Gasteiger partial charge in [0, 0.05) is 20.3 Å². The Hall–Kier alpha value is -1.14. The molecule has 0 amide bonds. The minimum atomic E-state index is -3.43. The fraction of sp³-hybridized carbons (Fsp3) is 0.375. The maximum absolute atomic E-state index is 11.6. The summed E-state index contributed by atoms with van der Waals surface area (Å²) in [5, 5.41) is 0. The van der Waals surface area contributed by atoms with Crippen LogP contribution < -0.4 is 5.73 Å². The average molecular weight is 215 g/mol. The van der Waals surface area contributed by atoms with E-state index in [9.17, 15) is 8.42 Å². The molecule has 2 N–H and O–H groups in total. The van der Waals surface area contributed by atoms with Gasteiger partial charge in [-0.05, 0) is 13.0 Å². The molecular formula is C8H13N3O2S. The topological polar surface area (TPSA) is 76.3 Å². The fourth-order valence-electron chi connectivity index (χ4n) is 0.882. The van der Waals surface area contributed by atoms with Gasteiger partial charge in [0.05, 0.1) is 11.4 Å². The smallest absolute Gasteiger partial charge is 0.244 e. The van der Waals surface area contributed by atoms with Crippen molar-refractivity contribution >= 4 is 15.7 Å². The monoisotopic (exact) mass is 215 g/mol. The van der Waals surface area contributed by atoms with Crippen molar-refractivity contribution in [3.8, 4) is 0 Å². The van der Waals surface area contributed by atoms with Crippen molar-refractivity contribution in [2.24, 2.45) is 0 Å². The lowest BCUT2D eigenvalue weighted by Gasteiger charge is -2.11. The molecule has 14 heavy (non-hydrogen) atoms. The molecule has 0 aromatic carbocycles. The summed E-state index contributed by atoms with van der Waals surface area (Å²) in [5.74, 6) is 0. The van der Waals surface area contributed by atoms with Crippen LogP contribution in [0.2, 0.25) is 0 Å². The van der Waals surface area contributed by atoms with E-state index in [0.29, 0.717) is 11.4 Å². The van der Waals surface area contributed by atoms with E-state index in [-0.39, 0.29) is 4.90 Å². The predicted molar refractivity (Wildman–Crippen MR) is 54.3 cm³/mol. The maximum Gasteiger partial charge on any atom is 0.244 e. The summed E-state index contributed by atoms with van der Waals surface area (Å²) >= 11 is 0. The second-order valence-corrected chi connectivity index (χ2v) is 5.28. The third-order valence-electron chi connectivity index (χ3n) is 1.88. The molecule has 0 fully saturated rings. The standard InChI is InChI=1S/C8H13N3O2S/c1-6-8(9)4-7(5-10-6)14(12,13)11(2)3/h4-5H,9H2,1-3H3. The number of nitrogen functional groups attached to an aromatic ring is 1. The zero-order valence-corrected chi connectivity index (χ0v) is 9.17. The Balaban J connectivity index is 3.29. The summed E-state index contributed by atoms with van der Waals surface area (Å²) in [7, 11) is -0.498. The molecule has 0 aliphatic rings. The van der Waals surface area contributed by atoms with Crippen LogP contribution in [0.15, 0.2) is 17.2 Å². The molecule has 1 heterocycles. The minimum Gasteiger partial charge on any atom is -0.397 e. The Kier molecular flexibility index (Phi) is 2.77. The molecule has 0 aliphatic carbocycles. The molecule has 0 saturated carbocycles. The lowest BCUT2D eigenvalue weighted by atomic mass is 10.3. The van der Waals surface area contributed by atoms with Crippen molar-refractivity contribution in [1.29, 1.82) is 0 Å². The lowest BCUT2D eigenvalue weighted by molar-refractivity contribution is 0.520. The van der Waals surface area contributed by atoms with Gasteiger partial charge >= 0.3 is 0 Å². The van der Waals surface area contributed by atoms with E-state index >= 15 is 0 Å². The zero-order chi connectivity index (χ0) is 10.9. The molecule has 0 bridgehead atoms. The minimum absolute atomic E-state index is 0.116. The molecule has 0 saturated heterocycles. The number of nitrogens with zero attached hydrogens (tertiary/aromatic N) is 2. The summed E-state index contributed by atoms with van der Waals surface area (Å²) in [5.41, 5.74) is 6.58. The number of hydrogen-bond donors (Lipinski definition) is 1. The summed E-state index contributed by atoms with van der Waals surface area (Å²) in [6.45, 7) is 1.72. The van der Waals surface area contributed by atoms with Gasteiger partial charge in [0.15, 0.2) is 0 Å². The Bertz CT molecular complexity index is 440. The van der Waals surface area contributed by atoms with Gasteiger partial charge in [0.1, 0.15) is 4.90 Å². The second kappa shape index (κ2) is 3.55. The highest BCUT2D eigenvalue weighted by Crippen LogP contribution is 2.16. The highest BCUT2D eigenvalue weighted by atomic mass is 32.2. The van der Waals surface area contributed by atoms with Crippen LogP contribution in [0.4, 0.5) is 5.69 Å². The van der Waals surface area contributed by atoms with Crippen LogP contribution in [0.1, 0.15) is 5.69 Å². The average Bonchev–Trinajstić information content (AvgIpc) is 2.09. The molecule has 0 spiro atoms. The van der Waals surface area contributed by atoms with Crippen molar-refractivity contribution in [1.82, 2.24) is 9.29 Å². The first-order valence-electron chi connectivity index (χ1n) is 4.00. The maximum atomic E-state index is 11.6. The second-order valence-electron chi connectivity index (χ2n) is 3.13. The van der Waals surface area contributed by atoms with Gasteiger partial charge in [-0.2, -0.15) is 0 Å². The number of aromatic nitrogens is 1. The van der Waals surface area contributed by atoms with E-state index in [1.165, 1.54) is 26.4 Å². The van der Waals surface area contributed by atoms with Crippen molar-refractivity contribution in [3.63, 3.8) is 0 Å². The lowest BCUT2D eigenvalue weighted by Crippen LogP contribution is -2.22. The van der Waals surface area contributed by atoms with Crippen LogP contribution >= 0.6 is 0 Å². The summed E-state index contributed by atoms with van der Waals surface area (Å²) < 4.78 is 24.4. The van der Waals surface area contributed by atoms with E-state index in [2.05, 4.69) is 4.98 Å². The first kappa shape index (κ1) is 10.9. The van der Waals surface area contributed by atoms with Gasteiger partial charge < -0.3 is 5.73 Å². The molecule has 1 aromatic heterocycles. The molecule has 1 rings (SSSR count). The molecule has 78 valence electrons. The molecule has 6 heteroatoms. The SMILES string of the molecule is Cc1ncc(S(=O)(=O)N(C)C)cc1N. The van der Waals surface area contributed by atoms with Crippen molar-refractivity contribution in [2.75, 3.05) is 19.8 Å². The third-order valence-corrected chi connectivity index (χ3v) is 3.66. The number of aryl methyl sites for hydroxylation is 1. The number of hydrogen-bond acceptors (Lipinski definition) is 4. The quantitative estimate of drug-likeness (QED) is 0.765. The van der Waals surface area contributed by atoms with Crippen molar-refractivity contribution in [2.45, 2.75) is 11.8 Å². The summed E-state index contributed by atoms with van der Waals surface area (Å²) in [6.07, 6.45) is 1.31. The van der Waals surface area contributed by atoms with Crippen LogP contribution in [0.5, 0.6) is 0 Å². The summed E-state index contributed by atoms with van der Waals surface area (Å²) in [6, 6.07) is 1.41. The van der Waals surface area contributed by atoms with E-state index < -0.39 is 10.0 Å². The normalized spacial score (nSPS) is 12.0. The van der Waals surface area contributed by atoms with Gasteiger partial charge in [-0.1, -0.05) is 0 Å². The van der Waals surface area contributed by atoms with Crippen LogP contribution in [0.25, 0.3) is 0 Å². The van der Waals surface area contributed by atoms with Crippen LogP contribution in [0.3, 0.4) is 0 Å². The van der Waals surface area contributed by atoms with Gasteiger partial charge in [0.25, 0.3) is 0 Å². The predicted octanol–water partition coefficient (Wildman–Crippen LogP) is 0.223. The van der Waals surface area contributed by atoms with Gasteiger partial charge in [-0.15, -0.1) is 0 Å². The van der Waals surface area contributed by atoms with E-state index in [1.807, 2.05) is 0 Å². The van der Waals surface area contributed by atoms with E-state index in [4.69, 9.17) is 5.73 Å². The first-order valence-corrected chi connectivity index (χ1v) is 5.44. The highest BCUT2D eigenvalue weighted by Gasteiger charge is 2.17. The number of anilines is 1. The molecule has 5 nitrogen and oxygen atoms in total. The Labute approximate surface area is 83.6 Å². The Morgan fingerprint density at radius 3 is 2.43 bits per heavy atom. The van der Waals surface area contributed by atoms with Crippen LogP contribution in [0, 0.1) is 6.92 Å². The van der Waals surface area contributed by atoms with Crippen LogP contribution in [-0.2, 0) is 10.0 Å². The first-order chi connectivity index (χ1) is 6.35. The fourth-order valence-corrected chi connectivity index (χ4v) is 1.77. The number of sulfonamides is 1. The zero-order valence-electron chi connectivity index (χ0n) is 8.35. The Morgan fingerprint density at radius 1 is 1.43 bits per heavy atom. The number of pyridine rings is 1. The molecule has 0 unspecified atom stereocenters. The third kappa shape index (κ3) is 1.85. The molecule has 0 radical (unpaired) electrons. The molecule has 1 aromatic rings. The number of rotatable bonds is 2. The molecule has 0 aliphatic heterocycles. The van der Waals surface area contributed by atoms with Gasteiger partial charge in [-0.25, -0.2) is 12.7 Å². The Morgan fingerprint density at radius 2 is 2.00 bits per heavy atom. The van der Waals surface area contributed by atoms with Crippen molar-refractivity contribution < 1.29 is 8.42 Å². The number of nitrogens with two attached hydrogens (primary N) is 1. The largest absolute Gasteiger partial charge is 0.397 e. The van der Waals surface area contributed by atoms with Gasteiger partial charge in [0.2, 0.25) is 10.0 Å². The summed E-state index contributed by atoms with van der Waals surface area (Å²) in [4.78, 5) is 4.01. The van der Waals surface area contributed by atoms with Gasteiger partial charge in [-0.3, -0.25) is 4.98 Å². The van der Waals surface area contributed by atoms with Crippen LogP contribution in [-0.4, -0.2) is 31.8 Å². The van der Waals surface area contributed by atoms with E-state index in [0.717, 1.165) is 4.31 Å². The van der Waals surface area contributed by atoms with E-state index in [1.54, 1.807) is 6.92 Å².